The van der Waals surface area contributed by atoms with Gasteiger partial charge in [0.25, 0.3) is 0 Å². The summed E-state index contributed by atoms with van der Waals surface area (Å²) < 4.78 is 15.9. The topological polar surface area (TPSA) is 27.7 Å². The SMILES string of the molecule is COc1cc(OC)cc(OC2CC2)c1. The van der Waals surface area contributed by atoms with Gasteiger partial charge in [-0.25, -0.2) is 0 Å². The minimum atomic E-state index is 0.395. The molecule has 0 radical (unpaired) electrons. The molecule has 1 aliphatic carbocycles. The van der Waals surface area contributed by atoms with E-state index in [4.69, 9.17) is 14.2 Å². The van der Waals surface area contributed by atoms with Crippen LogP contribution in [0.15, 0.2) is 18.2 Å². The molecule has 1 aromatic carbocycles. The summed E-state index contributed by atoms with van der Waals surface area (Å²) in [6.07, 6.45) is 2.70. The molecule has 0 unspecified atom stereocenters. The molecule has 1 saturated carbocycles. The number of rotatable bonds is 4. The van der Waals surface area contributed by atoms with E-state index in [2.05, 4.69) is 0 Å². The fourth-order valence-corrected chi connectivity index (χ4v) is 1.23. The molecule has 0 aromatic heterocycles. The third-order valence-electron chi connectivity index (χ3n) is 2.15. The van der Waals surface area contributed by atoms with Crippen molar-refractivity contribution in [3.05, 3.63) is 18.2 Å². The minimum absolute atomic E-state index is 0.395. The van der Waals surface area contributed by atoms with Crippen molar-refractivity contribution in [2.75, 3.05) is 14.2 Å². The van der Waals surface area contributed by atoms with E-state index < -0.39 is 0 Å². The minimum Gasteiger partial charge on any atom is -0.496 e. The van der Waals surface area contributed by atoms with E-state index in [0.29, 0.717) is 6.10 Å². The molecule has 0 amide bonds. The van der Waals surface area contributed by atoms with Crippen LogP contribution in [-0.2, 0) is 0 Å². The third-order valence-corrected chi connectivity index (χ3v) is 2.15. The van der Waals surface area contributed by atoms with Crippen LogP contribution in [-0.4, -0.2) is 20.3 Å². The zero-order valence-electron chi connectivity index (χ0n) is 8.45. The first-order valence-electron chi connectivity index (χ1n) is 4.71. The van der Waals surface area contributed by atoms with Crippen molar-refractivity contribution in [1.29, 1.82) is 0 Å². The van der Waals surface area contributed by atoms with Crippen LogP contribution in [0.5, 0.6) is 17.2 Å². The number of methoxy groups -OCH3 is 2. The van der Waals surface area contributed by atoms with Crippen LogP contribution in [0.1, 0.15) is 12.8 Å². The molecule has 2 rings (SSSR count). The van der Waals surface area contributed by atoms with Gasteiger partial charge in [0.1, 0.15) is 17.2 Å². The molecule has 76 valence electrons. The second kappa shape index (κ2) is 3.78. The molecule has 1 aromatic rings. The van der Waals surface area contributed by atoms with E-state index in [1.807, 2.05) is 18.2 Å². The molecular formula is C11H14O3. The van der Waals surface area contributed by atoms with E-state index in [0.717, 1.165) is 30.1 Å². The van der Waals surface area contributed by atoms with Crippen LogP contribution in [0, 0.1) is 0 Å². The average Bonchev–Trinajstić information content (AvgIpc) is 3.01. The van der Waals surface area contributed by atoms with Crippen LogP contribution in [0.3, 0.4) is 0 Å². The molecule has 14 heavy (non-hydrogen) atoms. The van der Waals surface area contributed by atoms with Gasteiger partial charge >= 0.3 is 0 Å². The summed E-state index contributed by atoms with van der Waals surface area (Å²) in [5.41, 5.74) is 0. The maximum Gasteiger partial charge on any atom is 0.127 e. The molecule has 0 atom stereocenters. The van der Waals surface area contributed by atoms with Crippen molar-refractivity contribution >= 4 is 0 Å². The quantitative estimate of drug-likeness (QED) is 0.735. The Hall–Kier alpha value is -1.38. The lowest BCUT2D eigenvalue weighted by atomic mass is 10.3. The Balaban J connectivity index is 2.19. The zero-order valence-corrected chi connectivity index (χ0v) is 8.45. The van der Waals surface area contributed by atoms with E-state index in [9.17, 15) is 0 Å². The van der Waals surface area contributed by atoms with Gasteiger partial charge < -0.3 is 14.2 Å². The first-order chi connectivity index (χ1) is 6.81. The first kappa shape index (κ1) is 9.19. The van der Waals surface area contributed by atoms with Gasteiger partial charge in [0.15, 0.2) is 0 Å². The fraction of sp³-hybridized carbons (Fsp3) is 0.455. The van der Waals surface area contributed by atoms with E-state index in [1.54, 1.807) is 14.2 Å². The van der Waals surface area contributed by atoms with Crippen molar-refractivity contribution in [3.8, 4) is 17.2 Å². The van der Waals surface area contributed by atoms with Crippen LogP contribution in [0.25, 0.3) is 0 Å². The Kier molecular flexibility index (Phi) is 2.48. The molecule has 0 saturated heterocycles. The first-order valence-corrected chi connectivity index (χ1v) is 4.71. The predicted octanol–water partition coefficient (Wildman–Crippen LogP) is 2.25. The highest BCUT2D eigenvalue weighted by molar-refractivity contribution is 5.42. The Morgan fingerprint density at radius 1 is 0.929 bits per heavy atom. The van der Waals surface area contributed by atoms with Crippen molar-refractivity contribution in [1.82, 2.24) is 0 Å². The van der Waals surface area contributed by atoms with Crippen LogP contribution in [0.4, 0.5) is 0 Å². The second-order valence-electron chi connectivity index (χ2n) is 3.37. The molecule has 0 heterocycles. The highest BCUT2D eigenvalue weighted by Crippen LogP contribution is 2.32. The molecular weight excluding hydrogens is 180 g/mol. The normalized spacial score (nSPS) is 15.0. The highest BCUT2D eigenvalue weighted by atomic mass is 16.5. The summed E-state index contributed by atoms with van der Waals surface area (Å²) in [4.78, 5) is 0. The second-order valence-corrected chi connectivity index (χ2v) is 3.37. The van der Waals surface area contributed by atoms with Gasteiger partial charge in [-0.3, -0.25) is 0 Å². The van der Waals surface area contributed by atoms with Gasteiger partial charge in [0, 0.05) is 18.2 Å². The lowest BCUT2D eigenvalue weighted by molar-refractivity contribution is 0.297. The molecule has 0 aliphatic heterocycles. The van der Waals surface area contributed by atoms with E-state index in [1.165, 1.54) is 0 Å². The summed E-state index contributed by atoms with van der Waals surface area (Å²) in [7, 11) is 3.27. The van der Waals surface area contributed by atoms with Crippen molar-refractivity contribution in [3.63, 3.8) is 0 Å². The summed E-state index contributed by atoms with van der Waals surface area (Å²) in [6.45, 7) is 0. The summed E-state index contributed by atoms with van der Waals surface area (Å²) in [6, 6.07) is 5.58. The van der Waals surface area contributed by atoms with Gasteiger partial charge in [-0.2, -0.15) is 0 Å². The lowest BCUT2D eigenvalue weighted by Crippen LogP contribution is -1.97. The van der Waals surface area contributed by atoms with Crippen LogP contribution >= 0.6 is 0 Å². The van der Waals surface area contributed by atoms with Gasteiger partial charge in [-0.15, -0.1) is 0 Å². The average molecular weight is 194 g/mol. The van der Waals surface area contributed by atoms with Gasteiger partial charge in [-0.05, 0) is 12.8 Å². The largest absolute Gasteiger partial charge is 0.496 e. The predicted molar refractivity (Wildman–Crippen MR) is 53.2 cm³/mol. The van der Waals surface area contributed by atoms with Crippen LogP contribution in [0.2, 0.25) is 0 Å². The van der Waals surface area contributed by atoms with E-state index in [-0.39, 0.29) is 0 Å². The molecule has 0 bridgehead atoms. The zero-order chi connectivity index (χ0) is 9.97. The van der Waals surface area contributed by atoms with E-state index >= 15 is 0 Å². The van der Waals surface area contributed by atoms with Crippen molar-refractivity contribution in [2.24, 2.45) is 0 Å². The van der Waals surface area contributed by atoms with Gasteiger partial charge in [0.05, 0.1) is 20.3 Å². The monoisotopic (exact) mass is 194 g/mol. The van der Waals surface area contributed by atoms with Gasteiger partial charge in [0.2, 0.25) is 0 Å². The highest BCUT2D eigenvalue weighted by Gasteiger charge is 2.23. The lowest BCUT2D eigenvalue weighted by Gasteiger charge is -2.09. The standard InChI is InChI=1S/C11H14O3/c1-12-9-5-10(13-2)7-11(6-9)14-8-3-4-8/h5-8H,3-4H2,1-2H3. The maximum absolute atomic E-state index is 5.65. The summed E-state index contributed by atoms with van der Waals surface area (Å²) in [5, 5.41) is 0. The fourth-order valence-electron chi connectivity index (χ4n) is 1.23. The molecule has 1 aliphatic rings. The Labute approximate surface area is 83.6 Å². The number of benzene rings is 1. The number of hydrogen-bond acceptors (Lipinski definition) is 3. The molecule has 0 spiro atoms. The smallest absolute Gasteiger partial charge is 0.127 e. The molecule has 1 fully saturated rings. The number of ether oxygens (including phenoxy) is 3. The van der Waals surface area contributed by atoms with Crippen LogP contribution < -0.4 is 14.2 Å². The third kappa shape index (κ3) is 2.10. The Morgan fingerprint density at radius 3 is 1.86 bits per heavy atom. The van der Waals surface area contributed by atoms with Crippen molar-refractivity contribution < 1.29 is 14.2 Å². The summed E-state index contributed by atoms with van der Waals surface area (Å²) in [5.74, 6) is 2.35. The maximum atomic E-state index is 5.65. The molecule has 3 heteroatoms. The Bertz CT molecular complexity index is 296. The number of hydrogen-bond donors (Lipinski definition) is 0. The Morgan fingerprint density at radius 2 is 1.43 bits per heavy atom. The summed E-state index contributed by atoms with van der Waals surface area (Å²) >= 11 is 0. The van der Waals surface area contributed by atoms with Gasteiger partial charge in [-0.1, -0.05) is 0 Å². The molecule has 0 N–H and O–H groups in total. The van der Waals surface area contributed by atoms with Crippen molar-refractivity contribution in [2.45, 2.75) is 18.9 Å². The molecule has 3 nitrogen and oxygen atoms in total.